The highest BCUT2D eigenvalue weighted by Gasteiger charge is 2.13. The molecule has 0 aliphatic heterocycles. The van der Waals surface area contributed by atoms with Crippen molar-refractivity contribution in [3.63, 3.8) is 0 Å². The van der Waals surface area contributed by atoms with Crippen molar-refractivity contribution in [2.24, 2.45) is 5.73 Å². The summed E-state index contributed by atoms with van der Waals surface area (Å²) in [4.78, 5) is 11.6. The van der Waals surface area contributed by atoms with Crippen molar-refractivity contribution in [1.82, 2.24) is 10.6 Å². The zero-order valence-corrected chi connectivity index (χ0v) is 10.1. The molecule has 4 N–H and O–H groups in total. The molecule has 0 heterocycles. The van der Waals surface area contributed by atoms with Crippen LogP contribution in [0.15, 0.2) is 0 Å². The second-order valence-electron chi connectivity index (χ2n) is 4.58. The maximum atomic E-state index is 11.6. The van der Waals surface area contributed by atoms with Crippen LogP contribution in [0.4, 0.5) is 0 Å². The summed E-state index contributed by atoms with van der Waals surface area (Å²) in [5.74, 6) is 0.129. The Morgan fingerprint density at radius 2 is 1.88 bits per heavy atom. The highest BCUT2D eigenvalue weighted by molar-refractivity contribution is 5.78. The predicted molar refractivity (Wildman–Crippen MR) is 66.2 cm³/mol. The number of hydrogen-bond donors (Lipinski definition) is 3. The summed E-state index contributed by atoms with van der Waals surface area (Å²) in [5.41, 5.74) is 5.37. The quantitative estimate of drug-likeness (QED) is 0.464. The van der Waals surface area contributed by atoms with E-state index in [2.05, 4.69) is 10.6 Å². The lowest BCUT2D eigenvalue weighted by Crippen LogP contribution is -2.40. The standard InChI is InChI=1S/C12H25N3O/c13-8-5-9-14-10-12(16)15-11-6-3-1-2-4-7-11/h11,14H,1-10,13H2,(H,15,16). The van der Waals surface area contributed by atoms with Crippen molar-refractivity contribution in [2.75, 3.05) is 19.6 Å². The maximum Gasteiger partial charge on any atom is 0.234 e. The first-order valence-electron chi connectivity index (χ1n) is 6.53. The van der Waals surface area contributed by atoms with E-state index in [0.717, 1.165) is 25.8 Å². The Hall–Kier alpha value is -0.610. The van der Waals surface area contributed by atoms with Crippen LogP contribution in [0, 0.1) is 0 Å². The Balaban J connectivity index is 2.07. The van der Waals surface area contributed by atoms with Gasteiger partial charge in [0.05, 0.1) is 6.54 Å². The van der Waals surface area contributed by atoms with E-state index >= 15 is 0 Å². The van der Waals surface area contributed by atoms with Crippen molar-refractivity contribution in [2.45, 2.75) is 51.0 Å². The Morgan fingerprint density at radius 1 is 1.19 bits per heavy atom. The highest BCUT2D eigenvalue weighted by Crippen LogP contribution is 2.16. The molecule has 1 fully saturated rings. The van der Waals surface area contributed by atoms with Crippen molar-refractivity contribution in [3.8, 4) is 0 Å². The smallest absolute Gasteiger partial charge is 0.234 e. The fraction of sp³-hybridized carbons (Fsp3) is 0.917. The minimum absolute atomic E-state index is 0.129. The first-order chi connectivity index (χ1) is 7.83. The van der Waals surface area contributed by atoms with Crippen LogP contribution < -0.4 is 16.4 Å². The van der Waals surface area contributed by atoms with Crippen LogP contribution >= 0.6 is 0 Å². The van der Waals surface area contributed by atoms with Crippen LogP contribution in [-0.2, 0) is 4.79 Å². The maximum absolute atomic E-state index is 11.6. The normalized spacial score (nSPS) is 18.1. The summed E-state index contributed by atoms with van der Waals surface area (Å²) in [6.45, 7) is 1.93. The number of carbonyl (C=O) groups excluding carboxylic acids is 1. The molecule has 0 aromatic rings. The van der Waals surface area contributed by atoms with Gasteiger partial charge in [-0.05, 0) is 32.4 Å². The van der Waals surface area contributed by atoms with Gasteiger partial charge in [0.15, 0.2) is 0 Å². The van der Waals surface area contributed by atoms with Gasteiger partial charge < -0.3 is 16.4 Å². The van der Waals surface area contributed by atoms with Gasteiger partial charge in [-0.15, -0.1) is 0 Å². The van der Waals surface area contributed by atoms with Crippen LogP contribution in [0.3, 0.4) is 0 Å². The molecule has 4 nitrogen and oxygen atoms in total. The third-order valence-electron chi connectivity index (χ3n) is 3.06. The van der Waals surface area contributed by atoms with Crippen molar-refractivity contribution < 1.29 is 4.79 Å². The summed E-state index contributed by atoms with van der Waals surface area (Å²) >= 11 is 0. The molecular weight excluding hydrogens is 202 g/mol. The van der Waals surface area contributed by atoms with Crippen LogP contribution in [0.25, 0.3) is 0 Å². The van der Waals surface area contributed by atoms with Gasteiger partial charge in [-0.1, -0.05) is 25.7 Å². The van der Waals surface area contributed by atoms with Gasteiger partial charge in [-0.2, -0.15) is 0 Å². The zero-order chi connectivity index (χ0) is 11.6. The second-order valence-corrected chi connectivity index (χ2v) is 4.58. The Kier molecular flexibility index (Phi) is 7.17. The molecule has 0 atom stereocenters. The third-order valence-corrected chi connectivity index (χ3v) is 3.06. The fourth-order valence-corrected chi connectivity index (χ4v) is 2.13. The van der Waals surface area contributed by atoms with Crippen LogP contribution in [0.1, 0.15) is 44.9 Å². The van der Waals surface area contributed by atoms with Crippen molar-refractivity contribution in [3.05, 3.63) is 0 Å². The molecule has 1 amide bonds. The minimum atomic E-state index is 0.129. The number of nitrogens with one attached hydrogen (secondary N) is 2. The number of nitrogens with two attached hydrogens (primary N) is 1. The van der Waals surface area contributed by atoms with Crippen LogP contribution in [0.5, 0.6) is 0 Å². The Bertz CT molecular complexity index is 189. The van der Waals surface area contributed by atoms with E-state index in [9.17, 15) is 4.79 Å². The lowest BCUT2D eigenvalue weighted by atomic mass is 10.1. The Labute approximate surface area is 98.3 Å². The molecule has 16 heavy (non-hydrogen) atoms. The topological polar surface area (TPSA) is 67.1 Å². The van der Waals surface area contributed by atoms with E-state index in [1.807, 2.05) is 0 Å². The average Bonchev–Trinajstić information content (AvgIpc) is 2.53. The second kappa shape index (κ2) is 8.53. The summed E-state index contributed by atoms with van der Waals surface area (Å²) in [6.07, 6.45) is 8.37. The van der Waals surface area contributed by atoms with E-state index in [4.69, 9.17) is 5.73 Å². The zero-order valence-electron chi connectivity index (χ0n) is 10.1. The molecular formula is C12H25N3O. The van der Waals surface area contributed by atoms with E-state index in [-0.39, 0.29) is 5.91 Å². The molecule has 1 aliphatic carbocycles. The molecule has 0 bridgehead atoms. The molecule has 0 radical (unpaired) electrons. The number of carbonyl (C=O) groups is 1. The molecule has 4 heteroatoms. The van der Waals surface area contributed by atoms with E-state index in [1.54, 1.807) is 0 Å². The Morgan fingerprint density at radius 3 is 2.50 bits per heavy atom. The third kappa shape index (κ3) is 6.08. The molecule has 1 saturated carbocycles. The number of amides is 1. The largest absolute Gasteiger partial charge is 0.352 e. The minimum Gasteiger partial charge on any atom is -0.352 e. The van der Waals surface area contributed by atoms with Crippen LogP contribution in [-0.4, -0.2) is 31.6 Å². The summed E-state index contributed by atoms with van der Waals surface area (Å²) in [7, 11) is 0. The van der Waals surface area contributed by atoms with Gasteiger partial charge in [-0.25, -0.2) is 0 Å². The van der Waals surface area contributed by atoms with Gasteiger partial charge in [0.2, 0.25) is 5.91 Å². The van der Waals surface area contributed by atoms with Crippen molar-refractivity contribution >= 4 is 5.91 Å². The van der Waals surface area contributed by atoms with Gasteiger partial charge in [0.1, 0.15) is 0 Å². The van der Waals surface area contributed by atoms with E-state index in [0.29, 0.717) is 19.1 Å². The number of hydrogen-bond acceptors (Lipinski definition) is 3. The first kappa shape index (κ1) is 13.5. The molecule has 1 rings (SSSR count). The molecule has 0 spiro atoms. The van der Waals surface area contributed by atoms with Gasteiger partial charge in [0, 0.05) is 6.04 Å². The van der Waals surface area contributed by atoms with E-state index in [1.165, 1.54) is 25.7 Å². The lowest BCUT2D eigenvalue weighted by molar-refractivity contribution is -0.121. The lowest BCUT2D eigenvalue weighted by Gasteiger charge is -2.16. The highest BCUT2D eigenvalue weighted by atomic mass is 16.1. The van der Waals surface area contributed by atoms with Gasteiger partial charge >= 0.3 is 0 Å². The molecule has 94 valence electrons. The first-order valence-corrected chi connectivity index (χ1v) is 6.53. The monoisotopic (exact) mass is 227 g/mol. The van der Waals surface area contributed by atoms with Gasteiger partial charge in [-0.3, -0.25) is 4.79 Å². The van der Waals surface area contributed by atoms with Gasteiger partial charge in [0.25, 0.3) is 0 Å². The molecule has 0 unspecified atom stereocenters. The van der Waals surface area contributed by atoms with Crippen LogP contribution in [0.2, 0.25) is 0 Å². The molecule has 0 saturated heterocycles. The SMILES string of the molecule is NCCCNCC(=O)NC1CCCCCC1. The average molecular weight is 227 g/mol. The fourth-order valence-electron chi connectivity index (χ4n) is 2.13. The molecule has 1 aliphatic rings. The van der Waals surface area contributed by atoms with E-state index < -0.39 is 0 Å². The summed E-state index contributed by atoms with van der Waals surface area (Å²) in [6, 6.07) is 0.409. The summed E-state index contributed by atoms with van der Waals surface area (Å²) < 4.78 is 0. The molecule has 0 aromatic carbocycles. The number of rotatable bonds is 6. The summed E-state index contributed by atoms with van der Waals surface area (Å²) in [5, 5.41) is 6.20. The molecule has 0 aromatic heterocycles. The van der Waals surface area contributed by atoms with Crippen molar-refractivity contribution in [1.29, 1.82) is 0 Å². The predicted octanol–water partition coefficient (Wildman–Crippen LogP) is 0.764.